The molecule has 2 aromatic heterocycles. The van der Waals surface area contributed by atoms with Crippen LogP contribution in [0.2, 0.25) is 0 Å². The van der Waals surface area contributed by atoms with Crippen LogP contribution in [0, 0.1) is 13.8 Å². The van der Waals surface area contributed by atoms with Gasteiger partial charge in [0.1, 0.15) is 5.76 Å². The molecule has 1 aromatic carbocycles. The SMILES string of the molecule is Cc1nc2c3c(ccn2c1C)CC=C(c1ccccc1)O3. The van der Waals surface area contributed by atoms with Crippen molar-refractivity contribution in [3.8, 4) is 5.75 Å². The lowest BCUT2D eigenvalue weighted by Crippen LogP contribution is -2.06. The highest BCUT2D eigenvalue weighted by molar-refractivity contribution is 5.71. The predicted molar refractivity (Wildman–Crippen MR) is 83.4 cm³/mol. The minimum absolute atomic E-state index is 0.876. The zero-order valence-electron chi connectivity index (χ0n) is 12.1. The first-order valence-corrected chi connectivity index (χ1v) is 7.14. The van der Waals surface area contributed by atoms with Gasteiger partial charge in [-0.2, -0.15) is 0 Å². The summed E-state index contributed by atoms with van der Waals surface area (Å²) in [4.78, 5) is 4.66. The lowest BCUT2D eigenvalue weighted by Gasteiger charge is -2.19. The number of fused-ring (bicyclic) bond motifs is 3. The summed E-state index contributed by atoms with van der Waals surface area (Å²) in [6, 6.07) is 12.3. The van der Waals surface area contributed by atoms with Gasteiger partial charge in [-0.3, -0.25) is 0 Å². The molecule has 0 aliphatic carbocycles. The molecule has 0 amide bonds. The van der Waals surface area contributed by atoms with Gasteiger partial charge in [0, 0.05) is 23.0 Å². The maximum absolute atomic E-state index is 6.18. The van der Waals surface area contributed by atoms with Crippen molar-refractivity contribution in [1.29, 1.82) is 0 Å². The number of ether oxygens (including phenoxy) is 1. The average molecular weight is 276 g/mol. The molecule has 1 aliphatic rings. The van der Waals surface area contributed by atoms with Crippen LogP contribution in [0.25, 0.3) is 11.4 Å². The lowest BCUT2D eigenvalue weighted by atomic mass is 10.1. The van der Waals surface area contributed by atoms with Crippen LogP contribution in [0.15, 0.2) is 48.7 Å². The van der Waals surface area contributed by atoms with Crippen LogP contribution in [0.5, 0.6) is 5.75 Å². The Kier molecular flexibility index (Phi) is 2.61. The highest BCUT2D eigenvalue weighted by atomic mass is 16.5. The van der Waals surface area contributed by atoms with Gasteiger partial charge in [0.25, 0.3) is 0 Å². The van der Waals surface area contributed by atoms with E-state index in [0.29, 0.717) is 0 Å². The van der Waals surface area contributed by atoms with Crippen molar-refractivity contribution < 1.29 is 4.74 Å². The van der Waals surface area contributed by atoms with Crippen molar-refractivity contribution in [3.05, 3.63) is 71.2 Å². The maximum atomic E-state index is 6.18. The minimum atomic E-state index is 0.876. The van der Waals surface area contributed by atoms with E-state index in [1.807, 2.05) is 25.1 Å². The smallest absolute Gasteiger partial charge is 0.181 e. The Bertz CT molecular complexity index is 860. The van der Waals surface area contributed by atoms with E-state index in [9.17, 15) is 0 Å². The highest BCUT2D eigenvalue weighted by Gasteiger charge is 2.19. The van der Waals surface area contributed by atoms with Gasteiger partial charge in [-0.15, -0.1) is 0 Å². The fourth-order valence-electron chi connectivity index (χ4n) is 2.76. The normalized spacial score (nSPS) is 13.7. The summed E-state index contributed by atoms with van der Waals surface area (Å²) in [5.41, 5.74) is 5.40. The average Bonchev–Trinajstić information content (AvgIpc) is 2.83. The standard InChI is InChI=1S/C18H16N2O/c1-12-13(2)20-11-10-15-8-9-16(14-6-4-3-5-7-14)21-17(15)18(20)19-12/h3-7,9-11H,8H2,1-2H3. The van der Waals surface area contributed by atoms with E-state index in [-0.39, 0.29) is 0 Å². The summed E-state index contributed by atoms with van der Waals surface area (Å²) in [6.45, 7) is 4.12. The van der Waals surface area contributed by atoms with Gasteiger partial charge in [-0.05, 0) is 32.4 Å². The van der Waals surface area contributed by atoms with Crippen LogP contribution in [0.1, 0.15) is 22.5 Å². The molecule has 0 spiro atoms. The van der Waals surface area contributed by atoms with Crippen LogP contribution in [-0.4, -0.2) is 9.38 Å². The molecule has 0 saturated carbocycles. The number of aryl methyl sites for hydroxylation is 2. The largest absolute Gasteiger partial charge is 0.453 e. The molecule has 0 fully saturated rings. The number of rotatable bonds is 1. The lowest BCUT2D eigenvalue weighted by molar-refractivity contribution is 0.500. The van der Waals surface area contributed by atoms with E-state index in [0.717, 1.165) is 40.5 Å². The molecule has 3 nitrogen and oxygen atoms in total. The Labute approximate surface area is 123 Å². The number of benzene rings is 1. The number of aromatic nitrogens is 2. The van der Waals surface area contributed by atoms with Crippen LogP contribution < -0.4 is 4.74 Å². The molecule has 0 unspecified atom stereocenters. The molecule has 0 radical (unpaired) electrons. The number of pyridine rings is 1. The number of nitrogens with zero attached hydrogens (tertiary/aromatic N) is 2. The Hall–Kier alpha value is -2.55. The molecule has 3 heteroatoms. The van der Waals surface area contributed by atoms with Gasteiger partial charge in [-0.1, -0.05) is 30.3 Å². The maximum Gasteiger partial charge on any atom is 0.181 e. The Morgan fingerprint density at radius 3 is 2.71 bits per heavy atom. The number of allylic oxidation sites excluding steroid dienone is 1. The first kappa shape index (κ1) is 12.2. The third-order valence-corrected chi connectivity index (χ3v) is 4.08. The van der Waals surface area contributed by atoms with Crippen molar-refractivity contribution in [1.82, 2.24) is 9.38 Å². The summed E-state index contributed by atoms with van der Waals surface area (Å²) < 4.78 is 8.28. The molecule has 104 valence electrons. The summed E-state index contributed by atoms with van der Waals surface area (Å²) in [6.07, 6.45) is 5.09. The van der Waals surface area contributed by atoms with Crippen LogP contribution in [-0.2, 0) is 6.42 Å². The summed E-state index contributed by atoms with van der Waals surface area (Å²) in [5.74, 6) is 1.80. The van der Waals surface area contributed by atoms with E-state index in [2.05, 4.69) is 46.8 Å². The molecular formula is C18H16N2O. The first-order valence-electron chi connectivity index (χ1n) is 7.14. The molecular weight excluding hydrogens is 260 g/mol. The molecule has 4 rings (SSSR count). The van der Waals surface area contributed by atoms with Crippen molar-refractivity contribution in [2.45, 2.75) is 20.3 Å². The quantitative estimate of drug-likeness (QED) is 0.673. The van der Waals surface area contributed by atoms with Crippen LogP contribution in [0.3, 0.4) is 0 Å². The molecule has 0 saturated heterocycles. The van der Waals surface area contributed by atoms with Crippen molar-refractivity contribution >= 4 is 11.4 Å². The van der Waals surface area contributed by atoms with E-state index < -0.39 is 0 Å². The Morgan fingerprint density at radius 2 is 1.90 bits per heavy atom. The van der Waals surface area contributed by atoms with Crippen molar-refractivity contribution in [2.24, 2.45) is 0 Å². The Morgan fingerprint density at radius 1 is 1.10 bits per heavy atom. The van der Waals surface area contributed by atoms with Gasteiger partial charge in [0.2, 0.25) is 0 Å². The van der Waals surface area contributed by atoms with Crippen LogP contribution >= 0.6 is 0 Å². The monoisotopic (exact) mass is 276 g/mol. The predicted octanol–water partition coefficient (Wildman–Crippen LogP) is 3.93. The first-order chi connectivity index (χ1) is 10.2. The van der Waals surface area contributed by atoms with E-state index >= 15 is 0 Å². The van der Waals surface area contributed by atoms with E-state index in [1.165, 1.54) is 5.56 Å². The third kappa shape index (κ3) is 1.85. The topological polar surface area (TPSA) is 26.5 Å². The number of imidazole rings is 1. The number of hydrogen-bond acceptors (Lipinski definition) is 2. The van der Waals surface area contributed by atoms with Gasteiger partial charge in [0.15, 0.2) is 11.4 Å². The van der Waals surface area contributed by atoms with Crippen molar-refractivity contribution in [2.75, 3.05) is 0 Å². The molecule has 0 N–H and O–H groups in total. The van der Waals surface area contributed by atoms with Gasteiger partial charge in [-0.25, -0.2) is 4.98 Å². The molecule has 1 aliphatic heterocycles. The van der Waals surface area contributed by atoms with E-state index in [4.69, 9.17) is 4.74 Å². The Balaban J connectivity index is 1.85. The molecule has 3 heterocycles. The highest BCUT2D eigenvalue weighted by Crippen LogP contribution is 2.34. The fourth-order valence-corrected chi connectivity index (χ4v) is 2.76. The third-order valence-electron chi connectivity index (χ3n) is 4.08. The summed E-state index contributed by atoms with van der Waals surface area (Å²) in [5, 5.41) is 0. The summed E-state index contributed by atoms with van der Waals surface area (Å²) in [7, 11) is 0. The second-order valence-electron chi connectivity index (χ2n) is 5.39. The van der Waals surface area contributed by atoms with E-state index in [1.54, 1.807) is 0 Å². The second-order valence-corrected chi connectivity index (χ2v) is 5.39. The molecule has 21 heavy (non-hydrogen) atoms. The zero-order valence-corrected chi connectivity index (χ0v) is 12.1. The number of hydrogen-bond donors (Lipinski definition) is 0. The van der Waals surface area contributed by atoms with Gasteiger partial charge < -0.3 is 9.14 Å². The summed E-state index contributed by atoms with van der Waals surface area (Å²) >= 11 is 0. The van der Waals surface area contributed by atoms with Gasteiger partial charge >= 0.3 is 0 Å². The van der Waals surface area contributed by atoms with Crippen LogP contribution in [0.4, 0.5) is 0 Å². The fraction of sp³-hybridized carbons (Fsp3) is 0.167. The molecule has 0 atom stereocenters. The van der Waals surface area contributed by atoms with Gasteiger partial charge in [0.05, 0.1) is 5.69 Å². The van der Waals surface area contributed by atoms with Crippen molar-refractivity contribution in [3.63, 3.8) is 0 Å². The minimum Gasteiger partial charge on any atom is -0.453 e. The second kappa shape index (κ2) is 4.48. The molecule has 0 bridgehead atoms. The zero-order chi connectivity index (χ0) is 14.4. The molecule has 3 aromatic rings.